The second kappa shape index (κ2) is 5.27. The normalized spacial score (nSPS) is 11.1. The molecule has 0 aliphatic carbocycles. The molecule has 1 radical (unpaired) electrons. The Morgan fingerprint density at radius 1 is 1.20 bits per heavy atom. The molecule has 0 saturated carbocycles. The number of benzene rings is 2. The highest BCUT2D eigenvalue weighted by molar-refractivity contribution is 7.85. The molecule has 0 aliphatic rings. The summed E-state index contributed by atoms with van der Waals surface area (Å²) in [4.78, 5) is 9.71. The first kappa shape index (κ1) is 14.0. The van der Waals surface area contributed by atoms with Gasteiger partial charge in [-0.3, -0.25) is 14.7 Å². The lowest BCUT2D eigenvalue weighted by Gasteiger charge is -2.07. The van der Waals surface area contributed by atoms with Crippen molar-refractivity contribution in [1.82, 2.24) is 0 Å². The summed E-state index contributed by atoms with van der Waals surface area (Å²) in [5.74, 6) is 0. The smallest absolute Gasteiger partial charge is 0.294 e. The predicted octanol–water partition coefficient (Wildman–Crippen LogP) is 2.39. The number of hydrogen-bond acceptors (Lipinski definition) is 5. The topological polar surface area (TPSA) is 110 Å². The van der Waals surface area contributed by atoms with Crippen molar-refractivity contribution in [2.75, 3.05) is 5.32 Å². The Labute approximate surface area is 114 Å². The van der Waals surface area contributed by atoms with E-state index in [0.717, 1.165) is 12.1 Å². The molecular formula is C12H9N2O5S. The Bertz CT molecular complexity index is 744. The van der Waals surface area contributed by atoms with Crippen LogP contribution in [0.25, 0.3) is 0 Å². The fraction of sp³-hybridized carbons (Fsp3) is 0. The molecule has 0 atom stereocenters. The number of rotatable bonds is 4. The van der Waals surface area contributed by atoms with Crippen LogP contribution in [0.3, 0.4) is 0 Å². The van der Waals surface area contributed by atoms with E-state index < -0.39 is 25.6 Å². The monoisotopic (exact) mass is 293 g/mol. The summed E-state index contributed by atoms with van der Waals surface area (Å²) in [6.45, 7) is 0. The molecule has 2 aromatic carbocycles. The number of nitro benzene ring substituents is 1. The molecule has 0 aromatic heterocycles. The van der Waals surface area contributed by atoms with Gasteiger partial charge in [0.15, 0.2) is 0 Å². The molecule has 8 heteroatoms. The van der Waals surface area contributed by atoms with Gasteiger partial charge in [0.1, 0.15) is 10.6 Å². The van der Waals surface area contributed by atoms with E-state index in [9.17, 15) is 18.5 Å². The summed E-state index contributed by atoms with van der Waals surface area (Å²) >= 11 is 0. The van der Waals surface area contributed by atoms with Crippen molar-refractivity contribution in [2.24, 2.45) is 0 Å². The van der Waals surface area contributed by atoms with E-state index in [0.29, 0.717) is 5.69 Å². The van der Waals surface area contributed by atoms with E-state index in [4.69, 9.17) is 4.55 Å². The van der Waals surface area contributed by atoms with Gasteiger partial charge < -0.3 is 5.32 Å². The molecule has 0 fully saturated rings. The molecule has 7 nitrogen and oxygen atoms in total. The number of anilines is 2. The van der Waals surface area contributed by atoms with Crippen LogP contribution in [0, 0.1) is 16.2 Å². The lowest BCUT2D eigenvalue weighted by atomic mass is 10.2. The standard InChI is InChI=1S/C12H9N2O5S/c15-14(16)12-8-10(20(17,18)19)6-7-11(12)13-9-4-2-1-3-5-9/h2-8,13H,(H,17,18,19). The minimum Gasteiger partial charge on any atom is -0.350 e. The Kier molecular flexibility index (Phi) is 3.68. The third kappa shape index (κ3) is 3.11. The number of nitro groups is 1. The molecular weight excluding hydrogens is 284 g/mol. The fourth-order valence-corrected chi connectivity index (χ4v) is 2.05. The first-order valence-electron chi connectivity index (χ1n) is 5.37. The maximum atomic E-state index is 11.0. The second-order valence-electron chi connectivity index (χ2n) is 3.82. The van der Waals surface area contributed by atoms with Crippen LogP contribution in [-0.2, 0) is 10.1 Å². The van der Waals surface area contributed by atoms with Gasteiger partial charge in [-0.2, -0.15) is 8.42 Å². The number of hydrogen-bond donors (Lipinski definition) is 2. The predicted molar refractivity (Wildman–Crippen MR) is 71.5 cm³/mol. The van der Waals surface area contributed by atoms with Crippen molar-refractivity contribution >= 4 is 27.2 Å². The average Bonchev–Trinajstić information content (AvgIpc) is 2.38. The van der Waals surface area contributed by atoms with Crippen molar-refractivity contribution < 1.29 is 17.9 Å². The summed E-state index contributed by atoms with van der Waals surface area (Å²) in [6, 6.07) is 12.5. The van der Waals surface area contributed by atoms with Gasteiger partial charge in [0.2, 0.25) is 0 Å². The lowest BCUT2D eigenvalue weighted by molar-refractivity contribution is -0.384. The van der Waals surface area contributed by atoms with Crippen molar-refractivity contribution in [1.29, 1.82) is 0 Å². The van der Waals surface area contributed by atoms with E-state index >= 15 is 0 Å². The van der Waals surface area contributed by atoms with Crippen LogP contribution in [-0.4, -0.2) is 17.9 Å². The summed E-state index contributed by atoms with van der Waals surface area (Å²) in [6.07, 6.45) is 0. The van der Waals surface area contributed by atoms with Gasteiger partial charge in [0.05, 0.1) is 4.92 Å². The van der Waals surface area contributed by atoms with E-state index in [1.807, 2.05) is 0 Å². The molecule has 0 aliphatic heterocycles. The van der Waals surface area contributed by atoms with Gasteiger partial charge in [0, 0.05) is 11.8 Å². The summed E-state index contributed by atoms with van der Waals surface area (Å²) in [7, 11) is -4.49. The fourth-order valence-electron chi connectivity index (χ4n) is 1.55. The second-order valence-corrected chi connectivity index (χ2v) is 5.25. The Morgan fingerprint density at radius 3 is 2.40 bits per heavy atom. The molecule has 20 heavy (non-hydrogen) atoms. The van der Waals surface area contributed by atoms with Crippen LogP contribution < -0.4 is 5.32 Å². The number of nitrogens with one attached hydrogen (secondary N) is 1. The van der Waals surface area contributed by atoms with E-state index in [-0.39, 0.29) is 5.69 Å². The van der Waals surface area contributed by atoms with Crippen molar-refractivity contribution in [3.8, 4) is 0 Å². The van der Waals surface area contributed by atoms with Crippen molar-refractivity contribution in [3.63, 3.8) is 0 Å². The van der Waals surface area contributed by atoms with E-state index in [1.165, 1.54) is 6.07 Å². The summed E-state index contributed by atoms with van der Waals surface area (Å²) in [5.41, 5.74) is 0.257. The minimum atomic E-state index is -4.49. The maximum absolute atomic E-state index is 11.0. The highest BCUT2D eigenvalue weighted by atomic mass is 32.2. The first-order valence-corrected chi connectivity index (χ1v) is 6.81. The van der Waals surface area contributed by atoms with Crippen LogP contribution in [0.2, 0.25) is 0 Å². The highest BCUT2D eigenvalue weighted by Gasteiger charge is 2.19. The molecule has 0 unspecified atom stereocenters. The quantitative estimate of drug-likeness (QED) is 0.509. The van der Waals surface area contributed by atoms with Crippen LogP contribution in [0.5, 0.6) is 0 Å². The molecule has 0 bridgehead atoms. The van der Waals surface area contributed by atoms with Crippen molar-refractivity contribution in [3.05, 3.63) is 58.6 Å². The zero-order valence-electron chi connectivity index (χ0n) is 9.98. The van der Waals surface area contributed by atoms with Crippen molar-refractivity contribution in [2.45, 2.75) is 4.90 Å². The van der Waals surface area contributed by atoms with Gasteiger partial charge in [-0.1, -0.05) is 12.1 Å². The van der Waals surface area contributed by atoms with E-state index in [1.54, 1.807) is 24.3 Å². The molecule has 2 aromatic rings. The number of nitrogens with zero attached hydrogens (tertiary/aromatic N) is 1. The van der Waals surface area contributed by atoms with Crippen LogP contribution >= 0.6 is 0 Å². The SMILES string of the molecule is O=[N+]([O-])c1cc(S(=O)(=O)O)ccc1Nc1cc[c]cc1. The minimum absolute atomic E-state index is 0.119. The zero-order valence-corrected chi connectivity index (χ0v) is 10.8. The Hall–Kier alpha value is -2.45. The third-order valence-electron chi connectivity index (χ3n) is 2.46. The Morgan fingerprint density at radius 2 is 1.85 bits per heavy atom. The van der Waals surface area contributed by atoms with Crippen LogP contribution in [0.1, 0.15) is 0 Å². The Balaban J connectivity index is 2.46. The molecule has 0 heterocycles. The molecule has 0 amide bonds. The molecule has 0 saturated heterocycles. The maximum Gasteiger partial charge on any atom is 0.294 e. The lowest BCUT2D eigenvalue weighted by Crippen LogP contribution is -2.02. The van der Waals surface area contributed by atoms with Gasteiger partial charge >= 0.3 is 0 Å². The van der Waals surface area contributed by atoms with Gasteiger partial charge in [-0.15, -0.1) is 0 Å². The highest BCUT2D eigenvalue weighted by Crippen LogP contribution is 2.29. The molecule has 0 spiro atoms. The zero-order chi connectivity index (χ0) is 14.8. The van der Waals surface area contributed by atoms with Gasteiger partial charge in [0.25, 0.3) is 15.8 Å². The summed E-state index contributed by atoms with van der Waals surface area (Å²) in [5, 5.41) is 13.8. The van der Waals surface area contributed by atoms with Gasteiger partial charge in [-0.05, 0) is 30.3 Å². The van der Waals surface area contributed by atoms with Crippen LogP contribution in [0.15, 0.2) is 47.4 Å². The summed E-state index contributed by atoms with van der Waals surface area (Å²) < 4.78 is 30.9. The average molecular weight is 293 g/mol. The molecule has 103 valence electrons. The molecule has 2 rings (SSSR count). The van der Waals surface area contributed by atoms with E-state index in [2.05, 4.69) is 11.4 Å². The largest absolute Gasteiger partial charge is 0.350 e. The third-order valence-corrected chi connectivity index (χ3v) is 3.31. The van der Waals surface area contributed by atoms with Gasteiger partial charge in [-0.25, -0.2) is 0 Å². The first-order chi connectivity index (χ1) is 9.38. The van der Waals surface area contributed by atoms with Crippen LogP contribution in [0.4, 0.5) is 17.1 Å². The molecule has 2 N–H and O–H groups in total.